The molecule has 1 aromatic carbocycles. The molecule has 2 bridgehead atoms. The summed E-state index contributed by atoms with van der Waals surface area (Å²) >= 11 is 6.52. The average molecular weight is 566 g/mol. The fourth-order valence-corrected chi connectivity index (χ4v) is 6.34. The quantitative estimate of drug-likeness (QED) is 0.439. The number of likely N-dealkylation sites (tertiary alicyclic amines) is 1. The van der Waals surface area contributed by atoms with Gasteiger partial charge in [0.2, 0.25) is 0 Å². The van der Waals surface area contributed by atoms with Crippen LogP contribution in [0.2, 0.25) is 5.02 Å². The number of nitrogen functional groups attached to an aromatic ring is 1. The van der Waals surface area contributed by atoms with Crippen LogP contribution < -0.4 is 20.7 Å². The number of likely N-dealkylation sites (N-methyl/N-ethyl adjacent to an activating group) is 1. The molecule has 3 saturated heterocycles. The van der Waals surface area contributed by atoms with E-state index < -0.39 is 28.8 Å². The summed E-state index contributed by atoms with van der Waals surface area (Å²) in [5.41, 5.74) is 3.14. The van der Waals surface area contributed by atoms with E-state index in [2.05, 4.69) is 30.1 Å². The van der Waals surface area contributed by atoms with Gasteiger partial charge in [-0.2, -0.15) is 23.1 Å². The Morgan fingerprint density at radius 1 is 1.18 bits per heavy atom. The number of nitrogens with one attached hydrogen (secondary N) is 1. The van der Waals surface area contributed by atoms with Crippen molar-refractivity contribution >= 4 is 34.1 Å². The van der Waals surface area contributed by atoms with Crippen molar-refractivity contribution in [3.63, 3.8) is 0 Å². The Labute approximate surface area is 227 Å². The van der Waals surface area contributed by atoms with Gasteiger partial charge in [-0.25, -0.2) is 9.37 Å². The van der Waals surface area contributed by atoms with Gasteiger partial charge in [-0.1, -0.05) is 11.6 Å². The second-order valence-electron chi connectivity index (χ2n) is 10.6. The summed E-state index contributed by atoms with van der Waals surface area (Å²) in [6, 6.07) is 2.94. The van der Waals surface area contributed by atoms with Crippen molar-refractivity contribution < 1.29 is 22.3 Å². The number of fused-ring (bicyclic) bond motifs is 3. The Bertz CT molecular complexity index is 1440. The molecule has 6 rings (SSSR count). The predicted octanol–water partition coefficient (Wildman–Crippen LogP) is 4.42. The van der Waals surface area contributed by atoms with Gasteiger partial charge >= 0.3 is 12.2 Å². The zero-order chi connectivity index (χ0) is 27.6. The van der Waals surface area contributed by atoms with E-state index in [1.54, 1.807) is 0 Å². The molecular weight excluding hydrogens is 538 g/mol. The third-order valence-corrected chi connectivity index (χ3v) is 8.31. The molecule has 208 valence electrons. The molecule has 13 heteroatoms. The van der Waals surface area contributed by atoms with Crippen LogP contribution in [0.3, 0.4) is 0 Å². The number of anilines is 2. The minimum absolute atomic E-state index is 0.0318. The van der Waals surface area contributed by atoms with Gasteiger partial charge in [-0.3, -0.25) is 0 Å². The Morgan fingerprint density at radius 3 is 2.56 bits per heavy atom. The molecule has 3 aromatic rings. The van der Waals surface area contributed by atoms with Crippen LogP contribution in [0.4, 0.5) is 29.2 Å². The zero-order valence-electron chi connectivity index (χ0n) is 21.4. The number of hydrogen-bond acceptors (Lipinski definition) is 8. The molecule has 2 aromatic heterocycles. The van der Waals surface area contributed by atoms with Crippen molar-refractivity contribution in [2.75, 3.05) is 43.9 Å². The van der Waals surface area contributed by atoms with E-state index in [9.17, 15) is 13.2 Å². The number of benzene rings is 1. The fourth-order valence-electron chi connectivity index (χ4n) is 6.06. The van der Waals surface area contributed by atoms with Crippen LogP contribution >= 0.6 is 11.6 Å². The van der Waals surface area contributed by atoms with Crippen molar-refractivity contribution in [1.82, 2.24) is 25.2 Å². The number of piperazine rings is 1. The van der Waals surface area contributed by atoms with E-state index in [0.29, 0.717) is 17.8 Å². The first-order valence-corrected chi connectivity index (χ1v) is 13.3. The average Bonchev–Trinajstić information content (AvgIpc) is 3.27. The van der Waals surface area contributed by atoms with Crippen molar-refractivity contribution in [3.05, 3.63) is 34.1 Å². The molecule has 0 aliphatic carbocycles. The maximum Gasteiger partial charge on any atom is 0.418 e. The lowest BCUT2D eigenvalue weighted by atomic mass is 9.88. The number of nitrogens with zero attached hydrogens (tertiary/aromatic N) is 5. The van der Waals surface area contributed by atoms with E-state index in [4.69, 9.17) is 22.1 Å². The molecule has 3 atom stereocenters. The topological polar surface area (TPSA) is 92.4 Å². The first kappa shape index (κ1) is 26.3. The summed E-state index contributed by atoms with van der Waals surface area (Å²) in [4.78, 5) is 17.2. The number of pyridine rings is 1. The van der Waals surface area contributed by atoms with Crippen molar-refractivity contribution in [2.45, 2.75) is 50.5 Å². The molecule has 8 nitrogen and oxygen atoms in total. The lowest BCUT2D eigenvalue weighted by Crippen LogP contribution is -2.68. The first-order chi connectivity index (χ1) is 18.5. The van der Waals surface area contributed by atoms with E-state index in [1.807, 2.05) is 7.05 Å². The van der Waals surface area contributed by atoms with Crippen LogP contribution in [-0.2, 0) is 6.18 Å². The molecule has 3 N–H and O–H groups in total. The molecule has 3 aliphatic rings. The standard InChI is InChI=1S/C26H28ClF4N7O/c1-12-6-18(32)34-23(20(12)26(29,30)31)19-17(27)8-16-22(21(19)28)35-25(39-11-13-4-3-5-37(13)2)36-24(16)38-14-7-15(38)10-33-9-14/h6,8,13-15,33H,3-5,7,9-11H2,1-2H3,(H2,32,34)/t13-,14-,15-/m0/s1. The molecule has 0 saturated carbocycles. The number of hydrogen-bond donors (Lipinski definition) is 2. The monoisotopic (exact) mass is 565 g/mol. The first-order valence-electron chi connectivity index (χ1n) is 12.9. The Kier molecular flexibility index (Phi) is 6.47. The number of ether oxygens (including phenoxy) is 1. The molecule has 5 heterocycles. The predicted molar refractivity (Wildman–Crippen MR) is 141 cm³/mol. The molecule has 0 unspecified atom stereocenters. The van der Waals surface area contributed by atoms with Gasteiger partial charge in [0, 0.05) is 36.6 Å². The van der Waals surface area contributed by atoms with E-state index in [-0.39, 0.29) is 46.1 Å². The summed E-state index contributed by atoms with van der Waals surface area (Å²) in [7, 11) is 2.01. The number of rotatable bonds is 5. The summed E-state index contributed by atoms with van der Waals surface area (Å²) in [6.45, 7) is 3.99. The number of alkyl halides is 3. The molecular formula is C26H28ClF4N7O. The molecule has 0 spiro atoms. The smallest absolute Gasteiger partial charge is 0.418 e. The summed E-state index contributed by atoms with van der Waals surface area (Å²) in [6.07, 6.45) is -1.86. The SMILES string of the molecule is Cc1cc(N)nc(-c2c(Cl)cc3c(N4[C@@H]5CNC[C@@H]4C5)nc(OC[C@@H]4CCCN4C)nc3c2F)c1C(F)(F)F. The largest absolute Gasteiger partial charge is 0.462 e. The lowest BCUT2D eigenvalue weighted by Gasteiger charge is -2.54. The van der Waals surface area contributed by atoms with E-state index in [1.165, 1.54) is 13.0 Å². The molecule has 0 amide bonds. The second-order valence-corrected chi connectivity index (χ2v) is 11.0. The highest BCUT2D eigenvalue weighted by Crippen LogP contribution is 2.46. The van der Waals surface area contributed by atoms with Crippen molar-refractivity contribution in [3.8, 4) is 17.3 Å². The van der Waals surface area contributed by atoms with Gasteiger partial charge < -0.3 is 25.6 Å². The summed E-state index contributed by atoms with van der Waals surface area (Å²) < 4.78 is 64.6. The molecule has 0 radical (unpaired) electrons. The molecule has 3 fully saturated rings. The van der Waals surface area contributed by atoms with Crippen LogP contribution in [0, 0.1) is 12.7 Å². The second kappa shape index (κ2) is 9.60. The van der Waals surface area contributed by atoms with E-state index in [0.717, 1.165) is 45.0 Å². The molecule has 39 heavy (non-hydrogen) atoms. The zero-order valence-corrected chi connectivity index (χ0v) is 22.2. The van der Waals surface area contributed by atoms with Crippen molar-refractivity contribution in [1.29, 1.82) is 0 Å². The van der Waals surface area contributed by atoms with Crippen LogP contribution in [-0.4, -0.2) is 71.3 Å². The third-order valence-electron chi connectivity index (χ3n) is 8.01. The number of nitrogens with two attached hydrogens (primary N) is 1. The summed E-state index contributed by atoms with van der Waals surface area (Å²) in [5.74, 6) is -0.756. The van der Waals surface area contributed by atoms with E-state index >= 15 is 4.39 Å². The van der Waals surface area contributed by atoms with Gasteiger partial charge in [-0.15, -0.1) is 0 Å². The minimum Gasteiger partial charge on any atom is -0.462 e. The van der Waals surface area contributed by atoms with Gasteiger partial charge in [0.15, 0.2) is 5.82 Å². The maximum absolute atomic E-state index is 16.4. The normalized spacial score (nSPS) is 23.4. The highest BCUT2D eigenvalue weighted by atomic mass is 35.5. The van der Waals surface area contributed by atoms with Crippen LogP contribution in [0.15, 0.2) is 12.1 Å². The highest BCUT2D eigenvalue weighted by Gasteiger charge is 2.44. The number of halogens is 5. The van der Waals surface area contributed by atoms with Crippen LogP contribution in [0.5, 0.6) is 6.01 Å². The van der Waals surface area contributed by atoms with Crippen LogP contribution in [0.1, 0.15) is 30.4 Å². The lowest BCUT2D eigenvalue weighted by molar-refractivity contribution is -0.137. The maximum atomic E-state index is 16.4. The Hall–Kier alpha value is -2.96. The van der Waals surface area contributed by atoms with Crippen LogP contribution in [0.25, 0.3) is 22.2 Å². The fraction of sp³-hybridized carbons (Fsp3) is 0.500. The summed E-state index contributed by atoms with van der Waals surface area (Å²) in [5, 5.41) is 3.41. The number of piperidine rings is 1. The number of aryl methyl sites for hydroxylation is 1. The number of aromatic nitrogens is 3. The van der Waals surface area contributed by atoms with Gasteiger partial charge in [-0.05, 0) is 57.5 Å². The van der Waals surface area contributed by atoms with Gasteiger partial charge in [0.05, 0.1) is 21.8 Å². The molecule has 3 aliphatic heterocycles. The third kappa shape index (κ3) is 4.52. The van der Waals surface area contributed by atoms with Crippen molar-refractivity contribution in [2.24, 2.45) is 0 Å². The minimum atomic E-state index is -4.81. The van der Waals surface area contributed by atoms with Gasteiger partial charge in [0.25, 0.3) is 0 Å². The Morgan fingerprint density at radius 2 is 1.92 bits per heavy atom. The Balaban J connectivity index is 1.53. The highest BCUT2D eigenvalue weighted by molar-refractivity contribution is 6.34. The van der Waals surface area contributed by atoms with Gasteiger partial charge in [0.1, 0.15) is 23.8 Å².